The molecular weight excluding hydrogens is 265 g/mol. The quantitative estimate of drug-likeness (QED) is 0.618. The Morgan fingerprint density at radius 1 is 1.50 bits per heavy atom. The molecule has 0 bridgehead atoms. The second kappa shape index (κ2) is 6.95. The minimum absolute atomic E-state index is 0.185. The van der Waals surface area contributed by atoms with Gasteiger partial charge in [-0.15, -0.1) is 0 Å². The number of nitro groups is 1. The maximum atomic E-state index is 13.2. The van der Waals surface area contributed by atoms with E-state index in [2.05, 4.69) is 5.32 Å². The molecule has 1 atom stereocenters. The van der Waals surface area contributed by atoms with E-state index in [0.717, 1.165) is 12.1 Å². The van der Waals surface area contributed by atoms with Gasteiger partial charge in [-0.3, -0.25) is 14.9 Å². The molecule has 1 aromatic rings. The molecule has 0 saturated carbocycles. The van der Waals surface area contributed by atoms with E-state index in [0.29, 0.717) is 12.3 Å². The second-order valence-electron chi connectivity index (χ2n) is 4.97. The lowest BCUT2D eigenvalue weighted by molar-refractivity contribution is -0.387. The number of hydrogen-bond donors (Lipinski definition) is 2. The average Bonchev–Trinajstić information content (AvgIpc) is 2.37. The van der Waals surface area contributed by atoms with E-state index in [4.69, 9.17) is 5.73 Å². The topological polar surface area (TPSA) is 98.3 Å². The maximum Gasteiger partial charge on any atom is 0.306 e. The number of carbonyl (C=O) groups excluding carboxylic acids is 1. The summed E-state index contributed by atoms with van der Waals surface area (Å²) in [7, 11) is 0. The molecule has 7 heteroatoms. The molecule has 0 aromatic heterocycles. The molecule has 1 aromatic carbocycles. The fourth-order valence-electron chi connectivity index (χ4n) is 1.85. The number of nitro benzene ring substituents is 1. The highest BCUT2D eigenvalue weighted by atomic mass is 19.1. The predicted molar refractivity (Wildman–Crippen MR) is 73.7 cm³/mol. The maximum absolute atomic E-state index is 13.2. The van der Waals surface area contributed by atoms with Crippen molar-refractivity contribution >= 4 is 17.3 Å². The van der Waals surface area contributed by atoms with E-state index >= 15 is 0 Å². The van der Waals surface area contributed by atoms with Crippen molar-refractivity contribution in [3.8, 4) is 0 Å². The number of halogens is 1. The summed E-state index contributed by atoms with van der Waals surface area (Å²) in [5.74, 6) is -1.33. The Bertz CT molecular complexity index is 506. The lowest BCUT2D eigenvalue weighted by atomic mass is 9.96. The van der Waals surface area contributed by atoms with Crippen LogP contribution in [0.3, 0.4) is 0 Å². The molecule has 110 valence electrons. The van der Waals surface area contributed by atoms with E-state index in [1.807, 2.05) is 13.8 Å². The molecule has 1 rings (SSSR count). The molecule has 0 aliphatic carbocycles. The number of rotatable bonds is 6. The van der Waals surface area contributed by atoms with Crippen LogP contribution in [0.5, 0.6) is 0 Å². The summed E-state index contributed by atoms with van der Waals surface area (Å²) in [5.41, 5.74) is 5.06. The van der Waals surface area contributed by atoms with Gasteiger partial charge in [0.1, 0.15) is 0 Å². The molecule has 0 aliphatic rings. The molecule has 20 heavy (non-hydrogen) atoms. The molecule has 0 spiro atoms. The average molecular weight is 283 g/mol. The fourth-order valence-corrected chi connectivity index (χ4v) is 1.85. The molecule has 3 N–H and O–H groups in total. The molecule has 0 saturated heterocycles. The van der Waals surface area contributed by atoms with Crippen LogP contribution in [0, 0.1) is 27.8 Å². The van der Waals surface area contributed by atoms with Crippen LogP contribution in [0.15, 0.2) is 18.2 Å². The molecule has 0 heterocycles. The number of nitrogens with zero attached hydrogens (tertiary/aromatic N) is 1. The first-order chi connectivity index (χ1) is 9.35. The summed E-state index contributed by atoms with van der Waals surface area (Å²) in [5, 5.41) is 13.2. The highest BCUT2D eigenvalue weighted by Gasteiger charge is 2.20. The number of anilines is 1. The van der Waals surface area contributed by atoms with Crippen LogP contribution in [0.2, 0.25) is 0 Å². The number of hydrogen-bond acceptors (Lipinski definition) is 4. The standard InChI is InChI=1S/C13H18FN3O3/c1-8(2)5-9(7-15)13(18)16-10-3-4-11(14)12(6-10)17(19)20/h3-4,6,8-9H,5,7,15H2,1-2H3,(H,16,18). The van der Waals surface area contributed by atoms with Gasteiger partial charge in [-0.25, -0.2) is 0 Å². The van der Waals surface area contributed by atoms with Crippen LogP contribution in [-0.4, -0.2) is 17.4 Å². The zero-order valence-corrected chi connectivity index (χ0v) is 11.4. The Hall–Kier alpha value is -2.02. The van der Waals surface area contributed by atoms with Crippen molar-refractivity contribution in [1.82, 2.24) is 0 Å². The van der Waals surface area contributed by atoms with E-state index in [-0.39, 0.29) is 24.1 Å². The highest BCUT2D eigenvalue weighted by molar-refractivity contribution is 5.93. The summed E-state index contributed by atoms with van der Waals surface area (Å²) in [6.45, 7) is 4.13. The number of nitrogens with one attached hydrogen (secondary N) is 1. The van der Waals surface area contributed by atoms with Crippen molar-refractivity contribution in [1.29, 1.82) is 0 Å². The van der Waals surface area contributed by atoms with Crippen LogP contribution in [0.1, 0.15) is 20.3 Å². The minimum Gasteiger partial charge on any atom is -0.330 e. The van der Waals surface area contributed by atoms with Crippen molar-refractivity contribution in [3.05, 3.63) is 34.1 Å². The van der Waals surface area contributed by atoms with Crippen LogP contribution < -0.4 is 11.1 Å². The Morgan fingerprint density at radius 2 is 2.15 bits per heavy atom. The number of benzene rings is 1. The molecule has 1 amide bonds. The van der Waals surface area contributed by atoms with Gasteiger partial charge in [0.05, 0.1) is 10.8 Å². The lowest BCUT2D eigenvalue weighted by Crippen LogP contribution is -2.30. The Balaban J connectivity index is 2.84. The molecular formula is C13H18FN3O3. The van der Waals surface area contributed by atoms with E-state index in [1.54, 1.807) is 0 Å². The fraction of sp³-hybridized carbons (Fsp3) is 0.462. The summed E-state index contributed by atoms with van der Waals surface area (Å²) in [6.07, 6.45) is 0.617. The smallest absolute Gasteiger partial charge is 0.306 e. The summed E-state index contributed by atoms with van der Waals surface area (Å²) in [4.78, 5) is 21.8. The van der Waals surface area contributed by atoms with Crippen LogP contribution >= 0.6 is 0 Å². The third-order valence-electron chi connectivity index (χ3n) is 2.82. The molecule has 0 aliphatic heterocycles. The van der Waals surface area contributed by atoms with Crippen LogP contribution in [0.4, 0.5) is 15.8 Å². The molecule has 6 nitrogen and oxygen atoms in total. The SMILES string of the molecule is CC(C)CC(CN)C(=O)Nc1ccc(F)c([N+](=O)[O-])c1. The van der Waals surface area contributed by atoms with Gasteiger partial charge in [0.15, 0.2) is 0 Å². The van der Waals surface area contributed by atoms with Crippen molar-refractivity contribution in [2.45, 2.75) is 20.3 Å². The molecule has 0 fully saturated rings. The summed E-state index contributed by atoms with van der Waals surface area (Å²) in [6, 6.07) is 3.23. The van der Waals surface area contributed by atoms with Gasteiger partial charge in [0.2, 0.25) is 11.7 Å². The zero-order chi connectivity index (χ0) is 15.3. The van der Waals surface area contributed by atoms with Gasteiger partial charge in [-0.1, -0.05) is 13.8 Å². The minimum atomic E-state index is -0.939. The Labute approximate surface area is 116 Å². The van der Waals surface area contributed by atoms with Crippen LogP contribution in [-0.2, 0) is 4.79 Å². The lowest BCUT2D eigenvalue weighted by Gasteiger charge is -2.16. The third-order valence-corrected chi connectivity index (χ3v) is 2.82. The van der Waals surface area contributed by atoms with E-state index in [9.17, 15) is 19.3 Å². The number of carbonyl (C=O) groups is 1. The first-order valence-corrected chi connectivity index (χ1v) is 6.30. The zero-order valence-electron chi connectivity index (χ0n) is 11.4. The van der Waals surface area contributed by atoms with Gasteiger partial charge >= 0.3 is 5.69 Å². The highest BCUT2D eigenvalue weighted by Crippen LogP contribution is 2.22. The van der Waals surface area contributed by atoms with Gasteiger partial charge in [0, 0.05) is 18.3 Å². The second-order valence-corrected chi connectivity index (χ2v) is 4.97. The normalized spacial score (nSPS) is 12.2. The predicted octanol–water partition coefficient (Wildman–Crippen LogP) is 2.29. The summed E-state index contributed by atoms with van der Waals surface area (Å²) >= 11 is 0. The van der Waals surface area contributed by atoms with E-state index in [1.165, 1.54) is 6.07 Å². The van der Waals surface area contributed by atoms with Gasteiger partial charge in [0.25, 0.3) is 0 Å². The van der Waals surface area contributed by atoms with Crippen LogP contribution in [0.25, 0.3) is 0 Å². The van der Waals surface area contributed by atoms with Crippen molar-refractivity contribution in [2.75, 3.05) is 11.9 Å². The van der Waals surface area contributed by atoms with Gasteiger partial charge in [-0.2, -0.15) is 4.39 Å². The van der Waals surface area contributed by atoms with E-state index < -0.39 is 16.4 Å². The first-order valence-electron chi connectivity index (χ1n) is 6.30. The van der Waals surface area contributed by atoms with Gasteiger partial charge < -0.3 is 11.1 Å². The first kappa shape index (κ1) is 16.0. The van der Waals surface area contributed by atoms with Gasteiger partial charge in [-0.05, 0) is 24.5 Å². The van der Waals surface area contributed by atoms with Crippen molar-refractivity contribution < 1.29 is 14.1 Å². The van der Waals surface area contributed by atoms with Crippen molar-refractivity contribution in [2.24, 2.45) is 17.6 Å². The summed E-state index contributed by atoms with van der Waals surface area (Å²) < 4.78 is 13.2. The monoisotopic (exact) mass is 283 g/mol. The van der Waals surface area contributed by atoms with Crippen molar-refractivity contribution in [3.63, 3.8) is 0 Å². The molecule has 0 radical (unpaired) electrons. The number of amides is 1. The third kappa shape index (κ3) is 4.27. The number of nitrogens with two attached hydrogens (primary N) is 1. The Morgan fingerprint density at radius 3 is 2.65 bits per heavy atom. The molecule has 1 unspecified atom stereocenters. The largest absolute Gasteiger partial charge is 0.330 e. The Kier molecular flexibility index (Phi) is 5.57.